The third kappa shape index (κ3) is 2.59. The first-order valence-corrected chi connectivity index (χ1v) is 7.94. The zero-order valence-corrected chi connectivity index (χ0v) is 12.5. The Bertz CT molecular complexity index is 402. The Morgan fingerprint density at radius 3 is 2.94 bits per heavy atom. The molecule has 18 heavy (non-hydrogen) atoms. The van der Waals surface area contributed by atoms with Gasteiger partial charge in [0.25, 0.3) is 0 Å². The summed E-state index contributed by atoms with van der Waals surface area (Å²) < 4.78 is 2.17. The van der Waals surface area contributed by atoms with Crippen LogP contribution in [0.1, 0.15) is 39.4 Å². The molecule has 0 radical (unpaired) electrons. The number of aryl methyl sites for hydroxylation is 1. The Balaban J connectivity index is 2.18. The van der Waals surface area contributed by atoms with Crippen molar-refractivity contribution in [2.75, 3.05) is 11.5 Å². The van der Waals surface area contributed by atoms with Gasteiger partial charge in [-0.25, -0.2) is 4.98 Å². The Labute approximate surface area is 114 Å². The molecule has 0 bridgehead atoms. The van der Waals surface area contributed by atoms with Gasteiger partial charge < -0.3 is 9.67 Å². The maximum absolute atomic E-state index is 11.0. The summed E-state index contributed by atoms with van der Waals surface area (Å²) in [5.41, 5.74) is -0.659. The quantitative estimate of drug-likeness (QED) is 0.912. The third-order valence-corrected chi connectivity index (χ3v) is 5.36. The molecule has 2 heterocycles. The Morgan fingerprint density at radius 2 is 2.28 bits per heavy atom. The number of imidazole rings is 1. The molecule has 2 rings (SSSR count). The summed E-state index contributed by atoms with van der Waals surface area (Å²) in [5, 5.41) is 11.0. The van der Waals surface area contributed by atoms with Crippen LogP contribution in [0.15, 0.2) is 12.4 Å². The molecule has 4 heteroatoms. The fourth-order valence-corrected chi connectivity index (χ4v) is 4.13. The highest BCUT2D eigenvalue weighted by molar-refractivity contribution is 7.99. The molecule has 0 aliphatic carbocycles. The van der Waals surface area contributed by atoms with Crippen LogP contribution in [0, 0.1) is 5.41 Å². The van der Waals surface area contributed by atoms with Crippen LogP contribution in [-0.2, 0) is 13.0 Å². The molecule has 0 saturated carbocycles. The second-order valence-corrected chi connectivity index (χ2v) is 7.04. The molecule has 0 amide bonds. The van der Waals surface area contributed by atoms with Gasteiger partial charge in [0.2, 0.25) is 0 Å². The highest BCUT2D eigenvalue weighted by atomic mass is 32.2. The van der Waals surface area contributed by atoms with Gasteiger partial charge in [0, 0.05) is 31.1 Å². The van der Waals surface area contributed by atoms with Gasteiger partial charge in [-0.05, 0) is 24.0 Å². The van der Waals surface area contributed by atoms with Crippen molar-refractivity contribution in [3.8, 4) is 0 Å². The number of aliphatic hydroxyl groups is 1. The molecular formula is C14H24N2OS. The van der Waals surface area contributed by atoms with Crippen molar-refractivity contribution in [2.45, 2.75) is 52.2 Å². The standard InChI is InChI=1S/C14H24N2OS/c1-4-7-16-8-6-15-12(16)10-14(17)11-18-9-5-13(14,2)3/h6,8,17H,4-5,7,9-11H2,1-3H3. The minimum absolute atomic E-state index is 0.0265. The van der Waals surface area contributed by atoms with Gasteiger partial charge in [-0.2, -0.15) is 11.8 Å². The molecule has 0 aromatic carbocycles. The van der Waals surface area contributed by atoms with Gasteiger partial charge in [-0.3, -0.25) is 0 Å². The summed E-state index contributed by atoms with van der Waals surface area (Å²) in [6.45, 7) is 7.51. The van der Waals surface area contributed by atoms with Crippen LogP contribution >= 0.6 is 11.8 Å². The van der Waals surface area contributed by atoms with Crippen LogP contribution in [0.3, 0.4) is 0 Å². The molecule has 1 atom stereocenters. The maximum atomic E-state index is 11.0. The summed E-state index contributed by atoms with van der Waals surface area (Å²) in [6, 6.07) is 0. The maximum Gasteiger partial charge on any atom is 0.111 e. The minimum Gasteiger partial charge on any atom is -0.388 e. The molecule has 1 fully saturated rings. The molecule has 1 aromatic rings. The van der Waals surface area contributed by atoms with E-state index in [1.54, 1.807) is 0 Å². The van der Waals surface area contributed by atoms with E-state index < -0.39 is 5.60 Å². The SMILES string of the molecule is CCCn1ccnc1CC1(O)CSCCC1(C)C. The smallest absolute Gasteiger partial charge is 0.111 e. The van der Waals surface area contributed by atoms with Crippen LogP contribution in [0.5, 0.6) is 0 Å². The van der Waals surface area contributed by atoms with Gasteiger partial charge in [-0.15, -0.1) is 0 Å². The van der Waals surface area contributed by atoms with Crippen LogP contribution in [-0.4, -0.2) is 31.8 Å². The summed E-state index contributed by atoms with van der Waals surface area (Å²) >= 11 is 1.86. The van der Waals surface area contributed by atoms with Gasteiger partial charge in [0.05, 0.1) is 5.60 Å². The van der Waals surface area contributed by atoms with E-state index >= 15 is 0 Å². The molecule has 3 nitrogen and oxygen atoms in total. The van der Waals surface area contributed by atoms with Gasteiger partial charge in [0.1, 0.15) is 5.82 Å². The fraction of sp³-hybridized carbons (Fsp3) is 0.786. The van der Waals surface area contributed by atoms with E-state index in [1.807, 2.05) is 24.2 Å². The van der Waals surface area contributed by atoms with Crippen LogP contribution < -0.4 is 0 Å². The minimum atomic E-state index is -0.632. The fourth-order valence-electron chi connectivity index (χ4n) is 2.50. The lowest BCUT2D eigenvalue weighted by Gasteiger charge is -2.46. The Hall–Kier alpha value is -0.480. The summed E-state index contributed by atoms with van der Waals surface area (Å²) in [4.78, 5) is 4.43. The average Bonchev–Trinajstić information content (AvgIpc) is 2.71. The molecule has 1 aliphatic rings. The zero-order chi connectivity index (χ0) is 13.2. The first-order chi connectivity index (χ1) is 8.48. The molecule has 1 aromatic heterocycles. The average molecular weight is 268 g/mol. The first kappa shape index (κ1) is 13.9. The monoisotopic (exact) mass is 268 g/mol. The third-order valence-electron chi connectivity index (χ3n) is 4.19. The van der Waals surface area contributed by atoms with E-state index in [2.05, 4.69) is 30.3 Å². The topological polar surface area (TPSA) is 38.0 Å². The zero-order valence-electron chi connectivity index (χ0n) is 11.6. The van der Waals surface area contributed by atoms with E-state index in [0.29, 0.717) is 6.42 Å². The van der Waals surface area contributed by atoms with Crippen LogP contribution in [0.25, 0.3) is 0 Å². The van der Waals surface area contributed by atoms with Gasteiger partial charge in [0.15, 0.2) is 0 Å². The number of rotatable bonds is 4. The number of nitrogens with zero attached hydrogens (tertiary/aromatic N) is 2. The van der Waals surface area contributed by atoms with Crippen molar-refractivity contribution >= 4 is 11.8 Å². The number of aromatic nitrogens is 2. The number of hydrogen-bond donors (Lipinski definition) is 1. The molecular weight excluding hydrogens is 244 g/mol. The Morgan fingerprint density at radius 1 is 1.50 bits per heavy atom. The molecule has 1 aliphatic heterocycles. The Kier molecular flexibility index (Phi) is 4.07. The van der Waals surface area contributed by atoms with E-state index in [4.69, 9.17) is 0 Å². The summed E-state index contributed by atoms with van der Waals surface area (Å²) in [7, 11) is 0. The first-order valence-electron chi connectivity index (χ1n) is 6.79. The second-order valence-electron chi connectivity index (χ2n) is 5.93. The van der Waals surface area contributed by atoms with Crippen LogP contribution in [0.2, 0.25) is 0 Å². The van der Waals surface area contributed by atoms with Crippen molar-refractivity contribution < 1.29 is 5.11 Å². The molecule has 102 valence electrons. The van der Waals surface area contributed by atoms with Gasteiger partial charge in [-0.1, -0.05) is 20.8 Å². The highest BCUT2D eigenvalue weighted by Gasteiger charge is 2.46. The lowest BCUT2D eigenvalue weighted by Crippen LogP contribution is -2.52. The predicted octanol–water partition coefficient (Wildman–Crippen LogP) is 2.73. The van der Waals surface area contributed by atoms with E-state index in [1.165, 1.54) is 0 Å². The molecule has 0 spiro atoms. The lowest BCUT2D eigenvalue weighted by atomic mass is 9.71. The van der Waals surface area contributed by atoms with Crippen LogP contribution in [0.4, 0.5) is 0 Å². The van der Waals surface area contributed by atoms with Crippen molar-refractivity contribution in [3.63, 3.8) is 0 Å². The van der Waals surface area contributed by atoms with Crippen molar-refractivity contribution in [1.82, 2.24) is 9.55 Å². The second kappa shape index (κ2) is 5.25. The van der Waals surface area contributed by atoms with E-state index in [-0.39, 0.29) is 5.41 Å². The van der Waals surface area contributed by atoms with Crippen molar-refractivity contribution in [1.29, 1.82) is 0 Å². The highest BCUT2D eigenvalue weighted by Crippen LogP contribution is 2.43. The molecule has 1 unspecified atom stereocenters. The predicted molar refractivity (Wildman–Crippen MR) is 76.9 cm³/mol. The molecule has 1 N–H and O–H groups in total. The van der Waals surface area contributed by atoms with Gasteiger partial charge >= 0.3 is 0 Å². The molecule has 1 saturated heterocycles. The van der Waals surface area contributed by atoms with E-state index in [0.717, 1.165) is 36.7 Å². The van der Waals surface area contributed by atoms with E-state index in [9.17, 15) is 5.11 Å². The lowest BCUT2D eigenvalue weighted by molar-refractivity contribution is -0.0532. The summed E-state index contributed by atoms with van der Waals surface area (Å²) in [6.07, 6.45) is 6.70. The van der Waals surface area contributed by atoms with Crippen molar-refractivity contribution in [2.24, 2.45) is 5.41 Å². The number of hydrogen-bond acceptors (Lipinski definition) is 3. The largest absolute Gasteiger partial charge is 0.388 e. The number of thioether (sulfide) groups is 1. The van der Waals surface area contributed by atoms with Crippen molar-refractivity contribution in [3.05, 3.63) is 18.2 Å². The summed E-state index contributed by atoms with van der Waals surface area (Å²) in [5.74, 6) is 2.99. The normalized spacial score (nSPS) is 27.3.